The molecule has 12 rings (SSSR count). The molecular weight excluding hydrogens is 709 g/mol. The Morgan fingerprint density at radius 3 is 1.82 bits per heavy atom. The van der Waals surface area contributed by atoms with Gasteiger partial charge in [0.2, 0.25) is 0 Å². The van der Waals surface area contributed by atoms with E-state index in [1.807, 2.05) is 11.3 Å². The molecule has 0 aliphatic rings. The minimum Gasteiger partial charge on any atom is -0.310 e. The Labute approximate surface area is 333 Å². The van der Waals surface area contributed by atoms with Crippen LogP contribution in [0.3, 0.4) is 0 Å². The summed E-state index contributed by atoms with van der Waals surface area (Å²) in [4.78, 5) is 2.45. The van der Waals surface area contributed by atoms with Crippen molar-refractivity contribution in [1.29, 1.82) is 0 Å². The smallest absolute Gasteiger partial charge is 0.0546 e. The molecule has 2 heterocycles. The maximum atomic E-state index is 2.45. The Bertz CT molecular complexity index is 3530. The summed E-state index contributed by atoms with van der Waals surface area (Å²) in [6.45, 7) is 0. The number of nitrogens with zero attached hydrogens (tertiary/aromatic N) is 2. The van der Waals surface area contributed by atoms with Gasteiger partial charge in [0.15, 0.2) is 0 Å². The number of anilines is 3. The van der Waals surface area contributed by atoms with Crippen LogP contribution >= 0.6 is 11.3 Å². The second-order valence-corrected chi connectivity index (χ2v) is 16.0. The highest BCUT2D eigenvalue weighted by atomic mass is 32.1. The molecule has 0 spiro atoms. The predicted octanol–water partition coefficient (Wildman–Crippen LogP) is 15.7. The fourth-order valence-corrected chi connectivity index (χ4v) is 10.1. The van der Waals surface area contributed by atoms with Gasteiger partial charge in [0.05, 0.1) is 16.7 Å². The quantitative estimate of drug-likeness (QED) is 0.159. The molecule has 57 heavy (non-hydrogen) atoms. The average Bonchev–Trinajstić information content (AvgIpc) is 3.82. The Kier molecular flexibility index (Phi) is 7.13. The topological polar surface area (TPSA) is 8.17 Å². The van der Waals surface area contributed by atoms with Gasteiger partial charge in [0.25, 0.3) is 0 Å². The van der Waals surface area contributed by atoms with Gasteiger partial charge in [-0.2, -0.15) is 0 Å². The molecule has 0 N–H and O–H groups in total. The minimum atomic E-state index is 1.12. The van der Waals surface area contributed by atoms with Crippen molar-refractivity contribution in [3.8, 4) is 16.8 Å². The van der Waals surface area contributed by atoms with Gasteiger partial charge >= 0.3 is 0 Å². The van der Waals surface area contributed by atoms with E-state index in [2.05, 4.69) is 216 Å². The largest absolute Gasteiger partial charge is 0.310 e. The molecule has 0 saturated carbocycles. The van der Waals surface area contributed by atoms with Gasteiger partial charge in [-0.1, -0.05) is 133 Å². The van der Waals surface area contributed by atoms with Crippen molar-refractivity contribution >= 4 is 103 Å². The lowest BCUT2D eigenvalue weighted by atomic mass is 9.98. The summed E-state index contributed by atoms with van der Waals surface area (Å²) in [5, 5.41) is 12.6. The number of fused-ring (bicyclic) bond motifs is 10. The van der Waals surface area contributed by atoms with E-state index in [-0.39, 0.29) is 0 Å². The second kappa shape index (κ2) is 12.7. The van der Waals surface area contributed by atoms with Crippen LogP contribution in [0.5, 0.6) is 0 Å². The zero-order chi connectivity index (χ0) is 37.5. The van der Waals surface area contributed by atoms with Crippen molar-refractivity contribution < 1.29 is 0 Å². The van der Waals surface area contributed by atoms with Crippen molar-refractivity contribution in [2.24, 2.45) is 0 Å². The van der Waals surface area contributed by atoms with Gasteiger partial charge < -0.3 is 9.47 Å². The molecule has 12 aromatic rings. The van der Waals surface area contributed by atoms with E-state index in [0.717, 1.165) is 11.4 Å². The van der Waals surface area contributed by atoms with Crippen LogP contribution in [0.1, 0.15) is 0 Å². The molecule has 0 aliphatic carbocycles. The molecule has 3 heteroatoms. The second-order valence-electron chi connectivity index (χ2n) is 14.9. The van der Waals surface area contributed by atoms with Crippen LogP contribution in [0.4, 0.5) is 17.1 Å². The average molecular weight is 743 g/mol. The standard InChI is InChI=1S/C54H34N2S/c1-2-12-37-31-41(27-23-35(37)11-1)56-50-19-9-7-17-46(50)48-32-38(24-29-51(48)56)36-21-25-40(26-22-36)55(42-28-30-54-49(34-42)47-18-8-10-20-53(47)57-54)52-33-39-13-3-4-14-43(39)44-15-5-6-16-45(44)52/h1-34H. The first-order valence-corrected chi connectivity index (χ1v) is 20.3. The van der Waals surface area contributed by atoms with E-state index < -0.39 is 0 Å². The minimum absolute atomic E-state index is 1.12. The van der Waals surface area contributed by atoms with E-state index in [0.29, 0.717) is 0 Å². The molecule has 0 saturated heterocycles. The van der Waals surface area contributed by atoms with Gasteiger partial charge in [-0.3, -0.25) is 0 Å². The number of aromatic nitrogens is 1. The van der Waals surface area contributed by atoms with E-state index in [9.17, 15) is 0 Å². The fraction of sp³-hybridized carbons (Fsp3) is 0. The summed E-state index contributed by atoms with van der Waals surface area (Å²) in [7, 11) is 0. The van der Waals surface area contributed by atoms with Crippen molar-refractivity contribution in [3.05, 3.63) is 206 Å². The summed E-state index contributed by atoms with van der Waals surface area (Å²) in [6, 6.07) is 75.9. The molecule has 0 atom stereocenters. The molecule has 0 radical (unpaired) electrons. The number of thiophene rings is 1. The molecule has 10 aromatic carbocycles. The van der Waals surface area contributed by atoms with Crippen LogP contribution in [-0.4, -0.2) is 4.57 Å². The number of hydrogen-bond acceptors (Lipinski definition) is 2. The molecule has 0 unspecified atom stereocenters. The van der Waals surface area contributed by atoms with Gasteiger partial charge in [-0.25, -0.2) is 0 Å². The highest BCUT2D eigenvalue weighted by Gasteiger charge is 2.20. The van der Waals surface area contributed by atoms with E-state index in [1.54, 1.807) is 0 Å². The number of hydrogen-bond donors (Lipinski definition) is 0. The summed E-state index contributed by atoms with van der Waals surface area (Å²) in [5.41, 5.74) is 9.40. The lowest BCUT2D eigenvalue weighted by Gasteiger charge is -2.28. The first kappa shape index (κ1) is 32.1. The lowest BCUT2D eigenvalue weighted by Crippen LogP contribution is -2.10. The van der Waals surface area contributed by atoms with Crippen LogP contribution in [0, 0.1) is 0 Å². The Morgan fingerprint density at radius 1 is 0.333 bits per heavy atom. The maximum Gasteiger partial charge on any atom is 0.0546 e. The first-order valence-electron chi connectivity index (χ1n) is 19.5. The summed E-state index contributed by atoms with van der Waals surface area (Å²) in [6.07, 6.45) is 0. The molecule has 0 amide bonds. The van der Waals surface area contributed by atoms with Gasteiger partial charge in [0, 0.05) is 53.4 Å². The van der Waals surface area contributed by atoms with Crippen LogP contribution in [0.25, 0.3) is 91.1 Å². The Morgan fingerprint density at radius 2 is 0.965 bits per heavy atom. The third-order valence-corrected chi connectivity index (χ3v) is 12.9. The zero-order valence-corrected chi connectivity index (χ0v) is 31.7. The third kappa shape index (κ3) is 5.10. The Balaban J connectivity index is 1.02. The monoisotopic (exact) mass is 742 g/mol. The molecule has 0 fully saturated rings. The number of benzene rings is 10. The maximum absolute atomic E-state index is 2.45. The fourth-order valence-electron chi connectivity index (χ4n) is 9.05. The molecule has 2 aromatic heterocycles. The zero-order valence-electron chi connectivity index (χ0n) is 30.9. The Hall–Kier alpha value is -7.20. The van der Waals surface area contributed by atoms with Crippen LogP contribution < -0.4 is 4.90 Å². The van der Waals surface area contributed by atoms with Crippen molar-refractivity contribution in [2.45, 2.75) is 0 Å². The van der Waals surface area contributed by atoms with E-state index in [1.165, 1.54) is 96.8 Å². The SMILES string of the molecule is c1ccc2cc(-n3c4ccccc4c4cc(-c5ccc(N(c6ccc7sc8ccccc8c7c6)c6cc7ccccc7c7ccccc67)cc5)ccc43)ccc2c1. The molecule has 2 nitrogen and oxygen atoms in total. The van der Waals surface area contributed by atoms with Crippen molar-refractivity contribution in [1.82, 2.24) is 4.57 Å². The molecule has 0 bridgehead atoms. The van der Waals surface area contributed by atoms with Gasteiger partial charge in [-0.15, -0.1) is 11.3 Å². The first-order chi connectivity index (χ1) is 28.2. The molecule has 266 valence electrons. The highest BCUT2D eigenvalue weighted by Crippen LogP contribution is 2.45. The van der Waals surface area contributed by atoms with Crippen LogP contribution in [0.15, 0.2) is 206 Å². The van der Waals surface area contributed by atoms with Crippen LogP contribution in [-0.2, 0) is 0 Å². The van der Waals surface area contributed by atoms with Crippen molar-refractivity contribution in [2.75, 3.05) is 4.90 Å². The summed E-state index contributed by atoms with van der Waals surface area (Å²) < 4.78 is 5.02. The lowest BCUT2D eigenvalue weighted by molar-refractivity contribution is 1.19. The van der Waals surface area contributed by atoms with Gasteiger partial charge in [0.1, 0.15) is 0 Å². The number of para-hydroxylation sites is 1. The third-order valence-electron chi connectivity index (χ3n) is 11.7. The van der Waals surface area contributed by atoms with Crippen LogP contribution in [0.2, 0.25) is 0 Å². The van der Waals surface area contributed by atoms with Gasteiger partial charge in [-0.05, 0) is 111 Å². The van der Waals surface area contributed by atoms with Crippen molar-refractivity contribution in [3.63, 3.8) is 0 Å². The molecule has 0 aliphatic heterocycles. The summed E-state index contributed by atoms with van der Waals surface area (Å²) >= 11 is 1.86. The summed E-state index contributed by atoms with van der Waals surface area (Å²) in [5.74, 6) is 0. The number of rotatable bonds is 5. The van der Waals surface area contributed by atoms with E-state index >= 15 is 0 Å². The van der Waals surface area contributed by atoms with E-state index in [4.69, 9.17) is 0 Å². The molecular formula is C54H34N2S. The normalized spacial score (nSPS) is 11.9. The predicted molar refractivity (Wildman–Crippen MR) is 246 cm³/mol. The highest BCUT2D eigenvalue weighted by molar-refractivity contribution is 7.25.